The molecule has 0 aliphatic carbocycles. The molecule has 1 aromatic heterocycles. The zero-order chi connectivity index (χ0) is 16.9. The molecule has 1 amide bonds. The first-order chi connectivity index (χ1) is 11.6. The summed E-state index contributed by atoms with van der Waals surface area (Å²) in [6.07, 6.45) is 2.68. The van der Waals surface area contributed by atoms with Gasteiger partial charge in [0.1, 0.15) is 5.76 Å². The van der Waals surface area contributed by atoms with Gasteiger partial charge in [0.05, 0.1) is 11.2 Å². The average Bonchev–Trinajstić information content (AvgIpc) is 3.13. The van der Waals surface area contributed by atoms with E-state index >= 15 is 0 Å². The highest BCUT2D eigenvalue weighted by molar-refractivity contribution is 5.76. The minimum atomic E-state index is -0.403. The fourth-order valence-electron chi connectivity index (χ4n) is 2.84. The lowest BCUT2D eigenvalue weighted by Crippen LogP contribution is -2.48. The predicted octanol–water partition coefficient (Wildman–Crippen LogP) is 2.47. The maximum absolute atomic E-state index is 12.2. The van der Waals surface area contributed by atoms with Crippen molar-refractivity contribution >= 4 is 17.3 Å². The van der Waals surface area contributed by atoms with Crippen LogP contribution in [0.1, 0.15) is 12.2 Å². The summed E-state index contributed by atoms with van der Waals surface area (Å²) < 4.78 is 5.25. The molecule has 2 aromatic rings. The van der Waals surface area contributed by atoms with Gasteiger partial charge in [0.2, 0.25) is 5.91 Å². The van der Waals surface area contributed by atoms with Gasteiger partial charge in [0.25, 0.3) is 5.69 Å². The first-order valence-electron chi connectivity index (χ1n) is 7.93. The largest absolute Gasteiger partial charge is 0.469 e. The molecule has 0 spiro atoms. The molecule has 1 fully saturated rings. The molecule has 0 radical (unpaired) electrons. The van der Waals surface area contributed by atoms with E-state index < -0.39 is 4.92 Å². The normalized spacial score (nSPS) is 14.7. The molecule has 1 aromatic carbocycles. The molecule has 126 valence electrons. The lowest BCUT2D eigenvalue weighted by molar-refractivity contribution is -0.384. The molecular formula is C17H19N3O4. The van der Waals surface area contributed by atoms with Gasteiger partial charge in [-0.15, -0.1) is 0 Å². The highest BCUT2D eigenvalue weighted by Gasteiger charge is 2.21. The zero-order valence-electron chi connectivity index (χ0n) is 13.3. The van der Waals surface area contributed by atoms with Crippen molar-refractivity contribution in [2.24, 2.45) is 0 Å². The second kappa shape index (κ2) is 7.16. The summed E-state index contributed by atoms with van der Waals surface area (Å²) in [5.74, 6) is 0.961. The molecule has 3 rings (SSSR count). The van der Waals surface area contributed by atoms with Crippen LogP contribution in [0, 0.1) is 10.1 Å². The second-order valence-corrected chi connectivity index (χ2v) is 5.72. The molecule has 0 unspecified atom stereocenters. The van der Waals surface area contributed by atoms with Crippen LogP contribution in [0.4, 0.5) is 11.4 Å². The van der Waals surface area contributed by atoms with Gasteiger partial charge in [-0.25, -0.2) is 0 Å². The number of anilines is 1. The Morgan fingerprint density at radius 3 is 2.42 bits per heavy atom. The number of aryl methyl sites for hydroxylation is 1. The van der Waals surface area contributed by atoms with Crippen molar-refractivity contribution in [2.75, 3.05) is 31.1 Å². The Hall–Kier alpha value is -2.83. The number of rotatable bonds is 5. The summed E-state index contributed by atoms with van der Waals surface area (Å²) in [5.41, 5.74) is 1.04. The number of nitro benzene ring substituents is 1. The summed E-state index contributed by atoms with van der Waals surface area (Å²) in [7, 11) is 0. The summed E-state index contributed by atoms with van der Waals surface area (Å²) >= 11 is 0. The van der Waals surface area contributed by atoms with E-state index in [0.29, 0.717) is 25.9 Å². The van der Waals surface area contributed by atoms with Crippen molar-refractivity contribution in [3.63, 3.8) is 0 Å². The SMILES string of the molecule is O=C(CCc1ccco1)N1CCN(c2ccc([N+](=O)[O-])cc2)CC1. The van der Waals surface area contributed by atoms with Crippen LogP contribution < -0.4 is 4.90 Å². The van der Waals surface area contributed by atoms with Gasteiger partial charge < -0.3 is 14.2 Å². The molecule has 2 heterocycles. The van der Waals surface area contributed by atoms with E-state index in [-0.39, 0.29) is 11.6 Å². The fourth-order valence-corrected chi connectivity index (χ4v) is 2.84. The number of carbonyl (C=O) groups excluding carboxylic acids is 1. The number of hydrogen-bond donors (Lipinski definition) is 0. The maximum atomic E-state index is 12.2. The quantitative estimate of drug-likeness (QED) is 0.622. The first kappa shape index (κ1) is 16.0. The van der Waals surface area contributed by atoms with Gasteiger partial charge in [0.15, 0.2) is 0 Å². The molecule has 1 aliphatic rings. The van der Waals surface area contributed by atoms with E-state index in [1.807, 2.05) is 17.0 Å². The third-order valence-electron chi connectivity index (χ3n) is 4.22. The molecular weight excluding hydrogens is 310 g/mol. The summed E-state index contributed by atoms with van der Waals surface area (Å²) in [6.45, 7) is 2.77. The fraction of sp³-hybridized carbons (Fsp3) is 0.353. The molecule has 24 heavy (non-hydrogen) atoms. The van der Waals surface area contributed by atoms with E-state index in [9.17, 15) is 14.9 Å². The molecule has 7 nitrogen and oxygen atoms in total. The number of nitrogens with zero attached hydrogens (tertiary/aromatic N) is 3. The van der Waals surface area contributed by atoms with Crippen LogP contribution in [-0.2, 0) is 11.2 Å². The van der Waals surface area contributed by atoms with Crippen molar-refractivity contribution < 1.29 is 14.1 Å². The Bertz CT molecular complexity index is 689. The lowest BCUT2D eigenvalue weighted by atomic mass is 10.2. The standard InChI is InChI=1S/C17H19N3O4/c21-17(8-7-16-2-1-13-24-16)19-11-9-18(10-12-19)14-3-5-15(6-4-14)20(22)23/h1-6,13H,7-12H2. The van der Waals surface area contributed by atoms with Gasteiger partial charge in [-0.2, -0.15) is 0 Å². The van der Waals surface area contributed by atoms with Crippen molar-refractivity contribution in [1.82, 2.24) is 4.90 Å². The predicted molar refractivity (Wildman–Crippen MR) is 88.9 cm³/mol. The first-order valence-corrected chi connectivity index (χ1v) is 7.93. The average molecular weight is 329 g/mol. The molecule has 0 N–H and O–H groups in total. The Morgan fingerprint density at radius 1 is 1.12 bits per heavy atom. The van der Waals surface area contributed by atoms with Crippen molar-refractivity contribution in [2.45, 2.75) is 12.8 Å². The van der Waals surface area contributed by atoms with E-state index in [1.54, 1.807) is 18.4 Å². The van der Waals surface area contributed by atoms with Crippen molar-refractivity contribution in [3.8, 4) is 0 Å². The molecule has 0 bridgehead atoms. The Kier molecular flexibility index (Phi) is 4.79. The monoisotopic (exact) mass is 329 g/mol. The molecule has 0 atom stereocenters. The number of non-ortho nitro benzene ring substituents is 1. The molecule has 1 saturated heterocycles. The third-order valence-corrected chi connectivity index (χ3v) is 4.22. The van der Waals surface area contributed by atoms with E-state index in [4.69, 9.17) is 4.42 Å². The van der Waals surface area contributed by atoms with Crippen LogP contribution in [-0.4, -0.2) is 41.9 Å². The Morgan fingerprint density at radius 2 is 1.83 bits per heavy atom. The third kappa shape index (κ3) is 3.73. The second-order valence-electron chi connectivity index (χ2n) is 5.72. The van der Waals surface area contributed by atoms with Gasteiger partial charge in [-0.05, 0) is 24.3 Å². The van der Waals surface area contributed by atoms with Crippen LogP contribution in [0.2, 0.25) is 0 Å². The zero-order valence-corrected chi connectivity index (χ0v) is 13.3. The maximum Gasteiger partial charge on any atom is 0.269 e. The smallest absolute Gasteiger partial charge is 0.269 e. The van der Waals surface area contributed by atoms with Gasteiger partial charge in [-0.3, -0.25) is 14.9 Å². The molecule has 0 saturated carbocycles. The van der Waals surface area contributed by atoms with E-state index in [1.165, 1.54) is 12.1 Å². The van der Waals surface area contributed by atoms with Gasteiger partial charge in [-0.1, -0.05) is 0 Å². The topological polar surface area (TPSA) is 79.8 Å². The van der Waals surface area contributed by atoms with E-state index in [0.717, 1.165) is 24.5 Å². The number of carbonyl (C=O) groups is 1. The van der Waals surface area contributed by atoms with Crippen LogP contribution in [0.3, 0.4) is 0 Å². The van der Waals surface area contributed by atoms with Crippen LogP contribution >= 0.6 is 0 Å². The number of piperazine rings is 1. The van der Waals surface area contributed by atoms with Crippen molar-refractivity contribution in [3.05, 3.63) is 58.5 Å². The molecule has 7 heteroatoms. The van der Waals surface area contributed by atoms with Crippen molar-refractivity contribution in [1.29, 1.82) is 0 Å². The summed E-state index contributed by atoms with van der Waals surface area (Å²) in [4.78, 5) is 26.5. The number of nitro groups is 1. The lowest BCUT2D eigenvalue weighted by Gasteiger charge is -2.36. The minimum absolute atomic E-state index is 0.0884. The van der Waals surface area contributed by atoms with Gasteiger partial charge in [0, 0.05) is 56.8 Å². The highest BCUT2D eigenvalue weighted by Crippen LogP contribution is 2.21. The van der Waals surface area contributed by atoms with Crippen LogP contribution in [0.25, 0.3) is 0 Å². The molecule has 1 aliphatic heterocycles. The number of hydrogen-bond acceptors (Lipinski definition) is 5. The summed E-state index contributed by atoms with van der Waals surface area (Å²) in [5, 5.41) is 10.7. The number of amides is 1. The van der Waals surface area contributed by atoms with Gasteiger partial charge >= 0.3 is 0 Å². The van der Waals surface area contributed by atoms with E-state index in [2.05, 4.69) is 4.90 Å². The Labute approximate surface area is 139 Å². The minimum Gasteiger partial charge on any atom is -0.469 e. The summed E-state index contributed by atoms with van der Waals surface area (Å²) in [6, 6.07) is 10.2. The number of benzene rings is 1. The number of furan rings is 1. The van der Waals surface area contributed by atoms with Crippen LogP contribution in [0.5, 0.6) is 0 Å². The van der Waals surface area contributed by atoms with Crippen LogP contribution in [0.15, 0.2) is 47.1 Å². The Balaban J connectivity index is 1.49. The highest BCUT2D eigenvalue weighted by atomic mass is 16.6.